The van der Waals surface area contributed by atoms with E-state index < -0.39 is 17.6 Å². The molecule has 1 aromatic heterocycles. The van der Waals surface area contributed by atoms with E-state index in [1.807, 2.05) is 0 Å². The van der Waals surface area contributed by atoms with Crippen LogP contribution in [0, 0.1) is 11.6 Å². The van der Waals surface area contributed by atoms with Gasteiger partial charge in [0.15, 0.2) is 0 Å². The summed E-state index contributed by atoms with van der Waals surface area (Å²) in [6.07, 6.45) is 0.853. The number of pyridine rings is 1. The van der Waals surface area contributed by atoms with Gasteiger partial charge in [-0.25, -0.2) is 18.6 Å². The first-order valence-corrected chi connectivity index (χ1v) is 5.87. The van der Waals surface area contributed by atoms with E-state index in [1.54, 1.807) is 6.07 Å². The minimum Gasteiger partial charge on any atom is -0.478 e. The molecule has 0 atom stereocenters. The molecule has 0 bridgehead atoms. The lowest BCUT2D eigenvalue weighted by molar-refractivity contribution is 0.0697. The van der Waals surface area contributed by atoms with E-state index in [9.17, 15) is 13.6 Å². The number of carboxylic acid groups (broad SMARTS) is 1. The van der Waals surface area contributed by atoms with E-state index in [-0.39, 0.29) is 17.1 Å². The van der Waals surface area contributed by atoms with Crippen molar-refractivity contribution in [1.82, 2.24) is 4.98 Å². The number of hydrogen-bond acceptors (Lipinski definition) is 3. The van der Waals surface area contributed by atoms with Crippen LogP contribution in [0.2, 0.25) is 0 Å². The quantitative estimate of drug-likeness (QED) is 0.904. The predicted octanol–water partition coefficient (Wildman–Crippen LogP) is 3.56. The molecule has 2 rings (SSSR count). The van der Waals surface area contributed by atoms with Gasteiger partial charge in [0, 0.05) is 4.47 Å². The van der Waals surface area contributed by atoms with E-state index in [0.29, 0.717) is 4.47 Å². The lowest BCUT2D eigenvalue weighted by Crippen LogP contribution is -2.06. The van der Waals surface area contributed by atoms with E-state index >= 15 is 0 Å². The van der Waals surface area contributed by atoms with E-state index in [0.717, 1.165) is 12.3 Å². The zero-order chi connectivity index (χ0) is 14.0. The monoisotopic (exact) mass is 328 g/mol. The van der Waals surface area contributed by atoms with Gasteiger partial charge in [-0.1, -0.05) is 15.9 Å². The smallest absolute Gasteiger partial charge is 0.339 e. The maximum atomic E-state index is 13.6. The highest BCUT2D eigenvalue weighted by molar-refractivity contribution is 9.10. The van der Waals surface area contributed by atoms with Crippen LogP contribution in [0.25, 0.3) is 0 Å². The number of anilines is 2. The molecule has 0 amide bonds. The van der Waals surface area contributed by atoms with Gasteiger partial charge in [-0.15, -0.1) is 0 Å². The number of hydrogen-bond donors (Lipinski definition) is 2. The molecule has 7 heteroatoms. The Hall–Kier alpha value is -2.02. The first-order chi connectivity index (χ1) is 8.97. The molecule has 0 unspecified atom stereocenters. The second kappa shape index (κ2) is 5.31. The van der Waals surface area contributed by atoms with Crippen LogP contribution in [0.5, 0.6) is 0 Å². The summed E-state index contributed by atoms with van der Waals surface area (Å²) in [5.41, 5.74) is -0.327. The van der Waals surface area contributed by atoms with Crippen molar-refractivity contribution in [2.24, 2.45) is 0 Å². The first-order valence-electron chi connectivity index (χ1n) is 5.08. The molecule has 0 saturated carbocycles. The predicted molar refractivity (Wildman–Crippen MR) is 68.5 cm³/mol. The summed E-state index contributed by atoms with van der Waals surface area (Å²) in [6, 6.07) is 5.02. The number of carbonyl (C=O) groups is 1. The van der Waals surface area contributed by atoms with Crippen LogP contribution in [0.15, 0.2) is 34.9 Å². The minimum atomic E-state index is -1.35. The van der Waals surface area contributed by atoms with Gasteiger partial charge < -0.3 is 10.4 Å². The fourth-order valence-corrected chi connectivity index (χ4v) is 1.75. The second-order valence-electron chi connectivity index (χ2n) is 3.60. The van der Waals surface area contributed by atoms with Gasteiger partial charge in [0.05, 0.1) is 11.9 Å². The first kappa shape index (κ1) is 13.4. The number of rotatable bonds is 3. The molecule has 0 saturated heterocycles. The maximum absolute atomic E-state index is 13.6. The Morgan fingerprint density at radius 2 is 2.05 bits per heavy atom. The van der Waals surface area contributed by atoms with E-state index in [2.05, 4.69) is 26.2 Å². The highest BCUT2D eigenvalue weighted by Crippen LogP contribution is 2.24. The van der Waals surface area contributed by atoms with Crippen LogP contribution < -0.4 is 5.32 Å². The summed E-state index contributed by atoms with van der Waals surface area (Å²) >= 11 is 3.10. The normalized spacial score (nSPS) is 10.3. The third-order valence-corrected chi connectivity index (χ3v) is 2.76. The third kappa shape index (κ3) is 3.05. The Balaban J connectivity index is 2.40. The summed E-state index contributed by atoms with van der Waals surface area (Å²) in [7, 11) is 0. The van der Waals surface area contributed by atoms with Gasteiger partial charge in [-0.2, -0.15) is 0 Å². The van der Waals surface area contributed by atoms with Crippen molar-refractivity contribution in [3.05, 3.63) is 52.1 Å². The number of aromatic carboxylic acids is 1. The number of halogens is 3. The van der Waals surface area contributed by atoms with Crippen LogP contribution in [-0.2, 0) is 0 Å². The number of benzene rings is 1. The SMILES string of the molecule is O=C(O)c1cc(F)cnc1Nc1ccc(Br)cc1F. The molecule has 0 spiro atoms. The van der Waals surface area contributed by atoms with E-state index in [4.69, 9.17) is 5.11 Å². The highest BCUT2D eigenvalue weighted by atomic mass is 79.9. The Morgan fingerprint density at radius 1 is 1.32 bits per heavy atom. The van der Waals surface area contributed by atoms with Crippen LogP contribution in [0.1, 0.15) is 10.4 Å². The van der Waals surface area contributed by atoms with Crippen LogP contribution >= 0.6 is 15.9 Å². The summed E-state index contributed by atoms with van der Waals surface area (Å²) in [4.78, 5) is 14.6. The Labute approximate surface area is 115 Å². The molecule has 1 heterocycles. The molecule has 19 heavy (non-hydrogen) atoms. The van der Waals surface area contributed by atoms with Gasteiger partial charge in [0.2, 0.25) is 0 Å². The molecule has 0 radical (unpaired) electrons. The number of nitrogens with zero attached hydrogens (tertiary/aromatic N) is 1. The molecule has 0 aliphatic carbocycles. The molecule has 0 aliphatic rings. The molecule has 0 fully saturated rings. The van der Waals surface area contributed by atoms with Crippen molar-refractivity contribution in [3.8, 4) is 0 Å². The summed E-state index contributed by atoms with van der Waals surface area (Å²) < 4.78 is 27.1. The standard InChI is InChI=1S/C12H7BrF2N2O2/c13-6-1-2-10(9(15)3-6)17-11-8(12(18)19)4-7(14)5-16-11/h1-5H,(H,16,17)(H,18,19). The molecule has 98 valence electrons. The van der Waals surface area contributed by atoms with Gasteiger partial charge in [-0.3, -0.25) is 0 Å². The molecule has 0 aliphatic heterocycles. The average Bonchev–Trinajstić information content (AvgIpc) is 2.34. The van der Waals surface area contributed by atoms with Crippen molar-refractivity contribution < 1.29 is 18.7 Å². The van der Waals surface area contributed by atoms with Crippen LogP contribution in [-0.4, -0.2) is 16.1 Å². The van der Waals surface area contributed by atoms with Crippen molar-refractivity contribution in [2.75, 3.05) is 5.32 Å². The zero-order valence-corrected chi connectivity index (χ0v) is 10.9. The van der Waals surface area contributed by atoms with Gasteiger partial charge in [-0.05, 0) is 24.3 Å². The fourth-order valence-electron chi connectivity index (χ4n) is 1.42. The average molecular weight is 329 g/mol. The number of nitrogens with one attached hydrogen (secondary N) is 1. The second-order valence-corrected chi connectivity index (χ2v) is 4.52. The molecule has 1 aromatic carbocycles. The van der Waals surface area contributed by atoms with Crippen molar-refractivity contribution in [1.29, 1.82) is 0 Å². The van der Waals surface area contributed by atoms with Gasteiger partial charge in [0.1, 0.15) is 23.0 Å². The Kier molecular flexibility index (Phi) is 3.75. The Bertz CT molecular complexity index is 650. The summed E-state index contributed by atoms with van der Waals surface area (Å²) in [5.74, 6) is -2.85. The highest BCUT2D eigenvalue weighted by Gasteiger charge is 2.14. The van der Waals surface area contributed by atoms with E-state index in [1.165, 1.54) is 12.1 Å². The topological polar surface area (TPSA) is 62.2 Å². The van der Waals surface area contributed by atoms with Gasteiger partial charge >= 0.3 is 5.97 Å². The van der Waals surface area contributed by atoms with Crippen molar-refractivity contribution >= 4 is 33.4 Å². The Morgan fingerprint density at radius 3 is 2.68 bits per heavy atom. The van der Waals surface area contributed by atoms with Crippen molar-refractivity contribution in [2.45, 2.75) is 0 Å². The number of carboxylic acids is 1. The summed E-state index contributed by atoms with van der Waals surface area (Å²) in [6.45, 7) is 0. The maximum Gasteiger partial charge on any atom is 0.339 e. The molecule has 2 aromatic rings. The molecule has 2 N–H and O–H groups in total. The molecular weight excluding hydrogens is 322 g/mol. The lowest BCUT2D eigenvalue weighted by Gasteiger charge is -2.09. The molecule has 4 nitrogen and oxygen atoms in total. The minimum absolute atomic E-state index is 0.0461. The van der Waals surface area contributed by atoms with Crippen molar-refractivity contribution in [3.63, 3.8) is 0 Å². The third-order valence-electron chi connectivity index (χ3n) is 2.27. The molecular formula is C12H7BrF2N2O2. The largest absolute Gasteiger partial charge is 0.478 e. The van der Waals surface area contributed by atoms with Gasteiger partial charge in [0.25, 0.3) is 0 Å². The van der Waals surface area contributed by atoms with Crippen LogP contribution in [0.4, 0.5) is 20.3 Å². The van der Waals surface area contributed by atoms with Crippen LogP contribution in [0.3, 0.4) is 0 Å². The zero-order valence-electron chi connectivity index (χ0n) is 9.32. The number of aromatic nitrogens is 1. The lowest BCUT2D eigenvalue weighted by atomic mass is 10.2. The fraction of sp³-hybridized carbons (Fsp3) is 0. The summed E-state index contributed by atoms with van der Waals surface area (Å²) in [5, 5.41) is 11.5.